The van der Waals surface area contributed by atoms with Crippen LogP contribution in [0.2, 0.25) is 0 Å². The topological polar surface area (TPSA) is 203 Å². The monoisotopic (exact) mass is 715 g/mol. The van der Waals surface area contributed by atoms with Crippen LogP contribution < -0.4 is 0 Å². The molecule has 5 atom stereocenters. The van der Waals surface area contributed by atoms with Crippen molar-refractivity contribution in [2.24, 2.45) is 11.8 Å². The summed E-state index contributed by atoms with van der Waals surface area (Å²) in [5, 5.41) is 30.9. The Morgan fingerprint density at radius 1 is 1.00 bits per heavy atom. The number of aliphatic hydroxyl groups excluding tert-OH is 1. The minimum atomic E-state index is -0.803. The number of nitrogens with zero attached hydrogens (tertiary/aromatic N) is 5. The minimum absolute atomic E-state index is 0.0308. The molecule has 2 aromatic carbocycles. The van der Waals surface area contributed by atoms with Crippen molar-refractivity contribution in [2.45, 2.75) is 65.0 Å². The van der Waals surface area contributed by atoms with Crippen LogP contribution in [0.25, 0.3) is 0 Å². The normalized spacial score (nSPS) is 21.0. The Morgan fingerprint density at radius 3 is 1.88 bits per heavy atom. The summed E-state index contributed by atoms with van der Waals surface area (Å²) in [5.74, 6) is -1.71. The molecule has 0 saturated carbocycles. The number of hydrogen-bond donors (Lipinski definition) is 2. The molecule has 0 bridgehead atoms. The van der Waals surface area contributed by atoms with E-state index in [4.69, 9.17) is 9.47 Å². The number of carbonyl (C=O) groups excluding carboxylic acids is 4. The summed E-state index contributed by atoms with van der Waals surface area (Å²) in [5.41, 5.74) is 1.41. The van der Waals surface area contributed by atoms with Gasteiger partial charge in [0.2, 0.25) is 12.3 Å². The number of rotatable bonds is 9. The van der Waals surface area contributed by atoms with Crippen LogP contribution in [-0.2, 0) is 37.1 Å². The number of nitro groups is 2. The third-order valence-corrected chi connectivity index (χ3v) is 8.97. The van der Waals surface area contributed by atoms with Crippen LogP contribution in [0.1, 0.15) is 44.7 Å². The fourth-order valence-corrected chi connectivity index (χ4v) is 5.95. The lowest BCUT2D eigenvalue weighted by Crippen LogP contribution is -2.63. The Kier molecular flexibility index (Phi) is 13.9. The third kappa shape index (κ3) is 9.56. The summed E-state index contributed by atoms with van der Waals surface area (Å²) in [7, 11) is 3.38. The van der Waals surface area contributed by atoms with Crippen LogP contribution in [0.15, 0.2) is 59.1 Å². The Morgan fingerprint density at radius 2 is 1.48 bits per heavy atom. The van der Waals surface area contributed by atoms with Crippen LogP contribution in [-0.4, -0.2) is 92.9 Å². The lowest BCUT2D eigenvalue weighted by Gasteiger charge is -2.46. The number of thiol groups is 1. The number of ether oxygens (including phenoxy) is 2. The Hall–Kier alpha value is -5.03. The molecule has 0 radical (unpaired) electrons. The number of non-ortho nitro benzene ring substituents is 2. The SMILES string of the molecule is CN(C)C=O.C[C@@H]1CCCN1C(=O)OCc1ccc([N+](=O)[O-])cc1.C[C@H]1C(S)=C(C(=O)OCc2ccc([N+](=O)[O-])cc2)N2C(=O)[C@H]([C@@H](C)O)C12. The van der Waals surface area contributed by atoms with E-state index in [1.165, 1.54) is 46.2 Å². The lowest BCUT2D eigenvalue weighted by molar-refractivity contribution is -0.385. The van der Waals surface area contributed by atoms with E-state index >= 15 is 0 Å². The highest BCUT2D eigenvalue weighted by atomic mass is 32.1. The van der Waals surface area contributed by atoms with Gasteiger partial charge in [-0.1, -0.05) is 6.92 Å². The minimum Gasteiger partial charge on any atom is -0.456 e. The number of esters is 1. The van der Waals surface area contributed by atoms with Crippen molar-refractivity contribution in [3.05, 3.63) is 90.5 Å². The molecule has 3 amide bonds. The maximum Gasteiger partial charge on any atom is 0.410 e. The fourth-order valence-electron chi connectivity index (χ4n) is 5.60. The summed E-state index contributed by atoms with van der Waals surface area (Å²) >= 11 is 4.37. The van der Waals surface area contributed by atoms with Crippen molar-refractivity contribution in [3.8, 4) is 0 Å². The average Bonchev–Trinajstić information content (AvgIpc) is 3.61. The first kappa shape index (κ1) is 39.4. The van der Waals surface area contributed by atoms with E-state index in [1.54, 1.807) is 38.1 Å². The highest BCUT2D eigenvalue weighted by Crippen LogP contribution is 2.48. The molecule has 270 valence electrons. The van der Waals surface area contributed by atoms with Gasteiger partial charge in [0.1, 0.15) is 18.9 Å². The Bertz CT molecular complexity index is 1600. The quantitative estimate of drug-likeness (QED) is 0.0947. The van der Waals surface area contributed by atoms with Gasteiger partial charge in [0.25, 0.3) is 11.4 Å². The lowest BCUT2D eigenvalue weighted by atomic mass is 9.79. The zero-order chi connectivity index (χ0) is 37.3. The number of amides is 3. The molecule has 17 heteroatoms. The molecular weight excluding hydrogens is 674 g/mol. The molecule has 3 heterocycles. The van der Waals surface area contributed by atoms with Crippen molar-refractivity contribution in [1.29, 1.82) is 0 Å². The summed E-state index contributed by atoms with van der Waals surface area (Å²) in [6, 6.07) is 11.6. The third-order valence-electron chi connectivity index (χ3n) is 8.35. The standard InChI is InChI=1S/C17H18N2O6S.C13H16N2O4.C3H7NO/c1-8-13-12(9(2)20)16(21)18(13)14(15(8)26)17(22)25-7-10-3-5-11(6-4-10)19(23)24;1-10-3-2-8-14(10)13(16)19-9-11-4-6-12(7-5-11)15(17)18;1-4(2)3-5/h3-6,8-9,12-13,20,26H,7H2,1-2H3;4-7,10H,2-3,8-9H2,1H3;3H,1-2H3/t8-,9-,12-,13?;10-;/m11./s1. The smallest absolute Gasteiger partial charge is 0.410 e. The second kappa shape index (κ2) is 17.6. The van der Waals surface area contributed by atoms with Crippen molar-refractivity contribution in [3.63, 3.8) is 0 Å². The summed E-state index contributed by atoms with van der Waals surface area (Å²) in [6.07, 6.45) is 1.65. The van der Waals surface area contributed by atoms with Gasteiger partial charge in [-0.3, -0.25) is 29.8 Å². The van der Waals surface area contributed by atoms with Gasteiger partial charge in [0.05, 0.1) is 27.9 Å². The Labute approximate surface area is 294 Å². The van der Waals surface area contributed by atoms with Crippen molar-refractivity contribution in [2.75, 3.05) is 20.6 Å². The van der Waals surface area contributed by atoms with E-state index in [0.29, 0.717) is 10.5 Å². The first-order chi connectivity index (χ1) is 23.6. The summed E-state index contributed by atoms with van der Waals surface area (Å²) in [4.78, 5) is 71.1. The highest BCUT2D eigenvalue weighted by Gasteiger charge is 2.59. The predicted octanol–water partition coefficient (Wildman–Crippen LogP) is 4.06. The summed E-state index contributed by atoms with van der Waals surface area (Å²) in [6.45, 7) is 6.19. The van der Waals surface area contributed by atoms with Gasteiger partial charge in [-0.15, -0.1) is 12.6 Å². The van der Waals surface area contributed by atoms with Gasteiger partial charge in [-0.2, -0.15) is 0 Å². The van der Waals surface area contributed by atoms with Crippen molar-refractivity contribution >= 4 is 48.4 Å². The zero-order valence-electron chi connectivity index (χ0n) is 28.3. The van der Waals surface area contributed by atoms with Crippen LogP contribution in [0.3, 0.4) is 0 Å². The molecule has 0 aliphatic carbocycles. The number of hydrogen-bond acceptors (Lipinski definition) is 12. The number of aliphatic hydroxyl groups is 1. The number of carbonyl (C=O) groups is 4. The maximum absolute atomic E-state index is 12.5. The molecule has 50 heavy (non-hydrogen) atoms. The van der Waals surface area contributed by atoms with Crippen LogP contribution in [0.5, 0.6) is 0 Å². The second-order valence-corrected chi connectivity index (χ2v) is 12.7. The molecule has 3 aliphatic heterocycles. The van der Waals surface area contributed by atoms with Gasteiger partial charge in [0, 0.05) is 61.8 Å². The molecule has 1 unspecified atom stereocenters. The molecular formula is C33H41N5O11S. The van der Waals surface area contributed by atoms with E-state index in [9.17, 15) is 44.5 Å². The first-order valence-corrected chi connectivity index (χ1v) is 16.2. The predicted molar refractivity (Wildman–Crippen MR) is 182 cm³/mol. The van der Waals surface area contributed by atoms with E-state index in [-0.39, 0.29) is 60.3 Å². The average molecular weight is 716 g/mol. The van der Waals surface area contributed by atoms with Crippen LogP contribution >= 0.6 is 12.6 Å². The Balaban J connectivity index is 0.000000247. The number of likely N-dealkylation sites (tertiary alicyclic amines) is 1. The molecule has 1 N–H and O–H groups in total. The molecule has 0 spiro atoms. The van der Waals surface area contributed by atoms with Gasteiger partial charge < -0.3 is 29.3 Å². The van der Waals surface area contributed by atoms with Crippen molar-refractivity contribution in [1.82, 2.24) is 14.7 Å². The van der Waals surface area contributed by atoms with Crippen molar-refractivity contribution < 1.29 is 43.6 Å². The number of fused-ring (bicyclic) bond motifs is 1. The van der Waals surface area contributed by atoms with Gasteiger partial charge in [-0.05, 0) is 62.1 Å². The van der Waals surface area contributed by atoms with Crippen LogP contribution in [0.4, 0.5) is 16.2 Å². The van der Waals surface area contributed by atoms with Crippen LogP contribution in [0, 0.1) is 32.1 Å². The number of benzene rings is 2. The molecule has 2 aromatic rings. The molecule has 0 aromatic heterocycles. The van der Waals surface area contributed by atoms with Gasteiger partial charge in [-0.25, -0.2) is 9.59 Å². The molecule has 16 nitrogen and oxygen atoms in total. The van der Waals surface area contributed by atoms with E-state index in [1.807, 2.05) is 13.8 Å². The van der Waals surface area contributed by atoms with Gasteiger partial charge >= 0.3 is 12.1 Å². The second-order valence-electron chi connectivity index (χ2n) is 12.2. The highest BCUT2D eigenvalue weighted by molar-refractivity contribution is 7.84. The first-order valence-electron chi connectivity index (χ1n) is 15.7. The van der Waals surface area contributed by atoms with Gasteiger partial charge in [0.15, 0.2) is 0 Å². The largest absolute Gasteiger partial charge is 0.456 e. The van der Waals surface area contributed by atoms with E-state index in [0.717, 1.165) is 31.4 Å². The number of β-lactam (4-membered cyclic amide) rings is 1. The van der Waals surface area contributed by atoms with E-state index < -0.39 is 27.8 Å². The molecule has 2 saturated heterocycles. The zero-order valence-corrected chi connectivity index (χ0v) is 29.2. The van der Waals surface area contributed by atoms with E-state index in [2.05, 4.69) is 12.6 Å². The fraction of sp³-hybridized carbons (Fsp3) is 0.455. The molecule has 3 aliphatic rings. The molecule has 2 fully saturated rings. The maximum atomic E-state index is 12.5. The molecule has 5 rings (SSSR count). The number of nitro benzene ring substituents is 2. The summed E-state index contributed by atoms with van der Waals surface area (Å²) < 4.78 is 10.5.